The smallest absolute Gasteiger partial charge is 0.319 e. The van der Waals surface area contributed by atoms with E-state index >= 15 is 0 Å². The topological polar surface area (TPSA) is 63.1 Å². The number of ketones is 1. The highest BCUT2D eigenvalue weighted by Crippen LogP contribution is 2.37. The molecule has 0 spiro atoms. The summed E-state index contributed by atoms with van der Waals surface area (Å²) in [6, 6.07) is 14.1. The van der Waals surface area contributed by atoms with Crippen LogP contribution in [0.4, 0.5) is 4.79 Å². The SMILES string of the molecule is CCCCCCCCCCCCCCn1c2ccccc2c2cccc(C3NC(=O)NC(C)=C3C(C)=O)c21. The molecule has 2 amide bonds. The van der Waals surface area contributed by atoms with Crippen molar-refractivity contribution in [3.8, 4) is 0 Å². The zero-order chi connectivity index (χ0) is 26.9. The van der Waals surface area contributed by atoms with Gasteiger partial charge in [-0.05, 0) is 26.3 Å². The van der Waals surface area contributed by atoms with Crippen molar-refractivity contribution in [2.45, 2.75) is 110 Å². The first kappa shape index (κ1) is 27.9. The monoisotopic (exact) mass is 515 g/mol. The van der Waals surface area contributed by atoms with Gasteiger partial charge in [0, 0.05) is 39.7 Å². The van der Waals surface area contributed by atoms with Gasteiger partial charge in [-0.2, -0.15) is 0 Å². The highest BCUT2D eigenvalue weighted by Gasteiger charge is 2.31. The van der Waals surface area contributed by atoms with E-state index < -0.39 is 6.04 Å². The molecule has 1 atom stereocenters. The molecule has 4 rings (SSSR count). The van der Waals surface area contributed by atoms with Crippen LogP contribution in [0.2, 0.25) is 0 Å². The second kappa shape index (κ2) is 13.6. The third-order valence-electron chi connectivity index (χ3n) is 8.02. The molecule has 0 saturated heterocycles. The number of Topliss-reactive ketones (excluding diaryl/α,β-unsaturated/α-hetero) is 1. The molecule has 1 unspecified atom stereocenters. The summed E-state index contributed by atoms with van der Waals surface area (Å²) in [5.74, 6) is -0.0272. The maximum atomic E-state index is 12.6. The van der Waals surface area contributed by atoms with Crippen LogP contribution in [-0.2, 0) is 11.3 Å². The van der Waals surface area contributed by atoms with E-state index in [4.69, 9.17) is 0 Å². The summed E-state index contributed by atoms with van der Waals surface area (Å²) in [5.41, 5.74) is 4.57. The van der Waals surface area contributed by atoms with Crippen LogP contribution in [0, 0.1) is 0 Å². The Kier molecular flexibility index (Phi) is 10.0. The summed E-state index contributed by atoms with van der Waals surface area (Å²) in [5, 5.41) is 8.20. The molecule has 3 aromatic rings. The molecule has 38 heavy (non-hydrogen) atoms. The van der Waals surface area contributed by atoms with Crippen LogP contribution in [-0.4, -0.2) is 16.4 Å². The number of rotatable bonds is 15. The zero-order valence-electron chi connectivity index (χ0n) is 23.6. The predicted molar refractivity (Wildman–Crippen MR) is 158 cm³/mol. The van der Waals surface area contributed by atoms with Gasteiger partial charge in [-0.3, -0.25) is 4.79 Å². The van der Waals surface area contributed by atoms with Gasteiger partial charge in [0.15, 0.2) is 5.78 Å². The standard InChI is InChI=1S/C33H45N3O2/c1-4-5-6-7-8-9-10-11-12-13-14-17-23-36-29-22-16-15-19-26(29)27-20-18-21-28(32(27)36)31-30(25(3)37)24(2)34-33(38)35-31/h15-16,18-22,31H,4-14,17,23H2,1-3H3,(H2,34,35,38). The summed E-state index contributed by atoms with van der Waals surface area (Å²) < 4.78 is 2.41. The van der Waals surface area contributed by atoms with E-state index in [-0.39, 0.29) is 11.8 Å². The molecule has 1 aromatic heterocycles. The Bertz CT molecular complexity index is 1290. The molecule has 2 heterocycles. The molecule has 0 saturated carbocycles. The van der Waals surface area contributed by atoms with Crippen LogP contribution in [0.3, 0.4) is 0 Å². The summed E-state index contributed by atoms with van der Waals surface area (Å²) in [6.07, 6.45) is 15.9. The van der Waals surface area contributed by atoms with Gasteiger partial charge in [-0.25, -0.2) is 4.79 Å². The first-order chi connectivity index (χ1) is 18.5. The van der Waals surface area contributed by atoms with E-state index in [1.54, 1.807) is 6.92 Å². The van der Waals surface area contributed by atoms with Crippen molar-refractivity contribution >= 4 is 33.6 Å². The molecular formula is C33H45N3O2. The second-order valence-electron chi connectivity index (χ2n) is 10.9. The van der Waals surface area contributed by atoms with E-state index in [9.17, 15) is 9.59 Å². The van der Waals surface area contributed by atoms with Gasteiger partial charge in [0.25, 0.3) is 0 Å². The summed E-state index contributed by atoms with van der Waals surface area (Å²) in [4.78, 5) is 25.1. The normalized spacial score (nSPS) is 15.8. The lowest BCUT2D eigenvalue weighted by molar-refractivity contribution is -0.114. The van der Waals surface area contributed by atoms with E-state index in [2.05, 4.69) is 58.5 Å². The molecule has 1 aliphatic heterocycles. The second-order valence-corrected chi connectivity index (χ2v) is 10.9. The van der Waals surface area contributed by atoms with Gasteiger partial charge in [0.05, 0.1) is 11.6 Å². The van der Waals surface area contributed by atoms with Crippen LogP contribution in [0.1, 0.15) is 109 Å². The number of fused-ring (bicyclic) bond motifs is 3. The molecule has 0 radical (unpaired) electrons. The van der Waals surface area contributed by atoms with Gasteiger partial charge in [0.1, 0.15) is 0 Å². The third kappa shape index (κ3) is 6.48. The minimum Gasteiger partial charge on any atom is -0.340 e. The fourth-order valence-corrected chi connectivity index (χ4v) is 6.11. The van der Waals surface area contributed by atoms with Gasteiger partial charge < -0.3 is 15.2 Å². The first-order valence-corrected chi connectivity index (χ1v) is 14.8. The van der Waals surface area contributed by atoms with Gasteiger partial charge in [-0.1, -0.05) is 114 Å². The number of hydrogen-bond acceptors (Lipinski definition) is 2. The van der Waals surface area contributed by atoms with E-state index in [0.717, 1.165) is 24.0 Å². The molecule has 0 aliphatic carbocycles. The fraction of sp³-hybridized carbons (Fsp3) is 0.515. The minimum absolute atomic E-state index is 0.0272. The van der Waals surface area contributed by atoms with E-state index in [1.807, 2.05) is 13.0 Å². The number of para-hydroxylation sites is 2. The minimum atomic E-state index is -0.463. The number of nitrogens with one attached hydrogen (secondary N) is 2. The molecule has 5 nitrogen and oxygen atoms in total. The lowest BCUT2D eigenvalue weighted by atomic mass is 9.91. The number of hydrogen-bond donors (Lipinski definition) is 2. The molecule has 2 N–H and O–H groups in total. The molecule has 1 aliphatic rings. The Morgan fingerprint density at radius 2 is 1.42 bits per heavy atom. The number of amides is 2. The highest BCUT2D eigenvalue weighted by molar-refractivity contribution is 6.10. The van der Waals surface area contributed by atoms with Crippen molar-refractivity contribution in [1.82, 2.24) is 15.2 Å². The molecular weight excluding hydrogens is 470 g/mol. The Hall–Kier alpha value is -3.08. The van der Waals surface area contributed by atoms with Crippen LogP contribution < -0.4 is 10.6 Å². The molecule has 0 bridgehead atoms. The average molecular weight is 516 g/mol. The lowest BCUT2D eigenvalue weighted by Gasteiger charge is -2.29. The Labute approximate surface area is 228 Å². The number of benzene rings is 2. The largest absolute Gasteiger partial charge is 0.340 e. The number of nitrogens with zero attached hydrogens (tertiary/aromatic N) is 1. The molecule has 0 fully saturated rings. The number of carbonyl (C=O) groups is 2. The number of aryl methyl sites for hydroxylation is 1. The van der Waals surface area contributed by atoms with Gasteiger partial charge in [0.2, 0.25) is 0 Å². The van der Waals surface area contributed by atoms with Crippen molar-refractivity contribution in [3.05, 3.63) is 59.3 Å². The van der Waals surface area contributed by atoms with Crippen LogP contribution >= 0.6 is 0 Å². The maximum Gasteiger partial charge on any atom is 0.319 e. The van der Waals surface area contributed by atoms with Crippen LogP contribution in [0.25, 0.3) is 21.8 Å². The van der Waals surface area contributed by atoms with Crippen molar-refractivity contribution in [1.29, 1.82) is 0 Å². The molecule has 5 heteroatoms. The van der Waals surface area contributed by atoms with Crippen molar-refractivity contribution < 1.29 is 9.59 Å². The van der Waals surface area contributed by atoms with Crippen molar-refractivity contribution in [2.75, 3.05) is 0 Å². The van der Waals surface area contributed by atoms with Gasteiger partial charge in [-0.15, -0.1) is 0 Å². The summed E-state index contributed by atoms with van der Waals surface area (Å²) >= 11 is 0. The van der Waals surface area contributed by atoms with E-state index in [0.29, 0.717) is 11.3 Å². The summed E-state index contributed by atoms with van der Waals surface area (Å²) in [7, 11) is 0. The molecule has 2 aromatic carbocycles. The number of allylic oxidation sites excluding steroid dienone is 1. The zero-order valence-corrected chi connectivity index (χ0v) is 23.6. The molecule has 204 valence electrons. The first-order valence-electron chi connectivity index (χ1n) is 14.8. The lowest BCUT2D eigenvalue weighted by Crippen LogP contribution is -2.44. The van der Waals surface area contributed by atoms with Crippen molar-refractivity contribution in [2.24, 2.45) is 0 Å². The van der Waals surface area contributed by atoms with E-state index in [1.165, 1.54) is 86.9 Å². The summed E-state index contributed by atoms with van der Waals surface area (Å²) in [6.45, 7) is 6.59. The number of urea groups is 1. The number of carbonyl (C=O) groups excluding carboxylic acids is 2. The number of unbranched alkanes of at least 4 members (excludes halogenated alkanes) is 11. The highest BCUT2D eigenvalue weighted by atomic mass is 16.2. The predicted octanol–water partition coefficient (Wildman–Crippen LogP) is 8.71. The van der Waals surface area contributed by atoms with Gasteiger partial charge >= 0.3 is 6.03 Å². The van der Waals surface area contributed by atoms with Crippen LogP contribution in [0.15, 0.2) is 53.7 Å². The van der Waals surface area contributed by atoms with Crippen molar-refractivity contribution in [3.63, 3.8) is 0 Å². The Morgan fingerprint density at radius 1 is 0.816 bits per heavy atom. The quantitative estimate of drug-likeness (QED) is 0.199. The number of aromatic nitrogens is 1. The average Bonchev–Trinajstić information content (AvgIpc) is 3.22. The van der Waals surface area contributed by atoms with Crippen LogP contribution in [0.5, 0.6) is 0 Å². The maximum absolute atomic E-state index is 12.6. The Morgan fingerprint density at radius 3 is 2.08 bits per heavy atom. The Balaban J connectivity index is 1.47. The third-order valence-corrected chi connectivity index (χ3v) is 8.02. The fourth-order valence-electron chi connectivity index (χ4n) is 6.11.